The molecule has 11 heteroatoms. The lowest BCUT2D eigenvalue weighted by Gasteiger charge is -2.36. The van der Waals surface area contributed by atoms with Gasteiger partial charge < -0.3 is 15.0 Å². The minimum absolute atomic E-state index is 0.0247. The third kappa shape index (κ3) is 5.54. The lowest BCUT2D eigenvalue weighted by atomic mass is 9.81. The van der Waals surface area contributed by atoms with Gasteiger partial charge in [0.1, 0.15) is 5.00 Å². The van der Waals surface area contributed by atoms with Crippen molar-refractivity contribution in [2.24, 2.45) is 0 Å². The van der Waals surface area contributed by atoms with E-state index in [1.54, 1.807) is 13.0 Å². The summed E-state index contributed by atoms with van der Waals surface area (Å²) < 4.78 is 10.2. The maximum absolute atomic E-state index is 13.1. The van der Waals surface area contributed by atoms with E-state index >= 15 is 0 Å². The van der Waals surface area contributed by atoms with Crippen LogP contribution in [0.5, 0.6) is 0 Å². The second-order valence-electron chi connectivity index (χ2n) is 9.78. The Bertz CT molecular complexity index is 1480. The highest BCUT2D eigenvalue weighted by atomic mass is 32.1. The minimum atomic E-state index is -0.517. The molecule has 40 heavy (non-hydrogen) atoms. The molecule has 3 aromatic rings. The molecule has 0 saturated carbocycles. The molecule has 1 saturated heterocycles. The maximum Gasteiger partial charge on any atom is 0.336 e. The number of anilines is 2. The van der Waals surface area contributed by atoms with E-state index in [9.17, 15) is 14.9 Å². The second-order valence-corrected chi connectivity index (χ2v) is 10.6. The lowest BCUT2D eigenvalue weighted by molar-refractivity contribution is -0.384. The van der Waals surface area contributed by atoms with Crippen LogP contribution in [0.3, 0.4) is 0 Å². The molecule has 10 nitrogen and oxygen atoms in total. The number of nitriles is 1. The maximum atomic E-state index is 13.1. The number of piperazine rings is 1. The topological polar surface area (TPSA) is 125 Å². The van der Waals surface area contributed by atoms with Gasteiger partial charge in [0.15, 0.2) is 0 Å². The normalized spacial score (nSPS) is 17.1. The van der Waals surface area contributed by atoms with Crippen molar-refractivity contribution in [3.05, 3.63) is 92.3 Å². The van der Waals surface area contributed by atoms with Crippen LogP contribution in [0.15, 0.2) is 59.8 Å². The molecule has 1 aromatic heterocycles. The summed E-state index contributed by atoms with van der Waals surface area (Å²) in [5.74, 6) is -0.956. The van der Waals surface area contributed by atoms with E-state index in [-0.39, 0.29) is 12.3 Å². The van der Waals surface area contributed by atoms with Crippen molar-refractivity contribution in [1.29, 1.82) is 5.26 Å². The number of allylic oxidation sites excluding steroid dienone is 1. The van der Waals surface area contributed by atoms with Gasteiger partial charge >= 0.3 is 5.97 Å². The standard InChI is InChI=1S/C29H30N6O4S/c1-3-39-29(36)25-19(2)31-28-27(26(25)21-5-4-6-23(17-21)35(37)38)24(32-40-28)11-12-33-13-15-34(16-14-33)22-9-7-20(18-30)8-10-22/h4-10,17,26,31H,3,11-16H2,1-2H3. The average molecular weight is 559 g/mol. The minimum Gasteiger partial charge on any atom is -0.463 e. The highest BCUT2D eigenvalue weighted by Crippen LogP contribution is 2.46. The summed E-state index contributed by atoms with van der Waals surface area (Å²) in [6.07, 6.45) is 0.685. The number of esters is 1. The van der Waals surface area contributed by atoms with E-state index in [4.69, 9.17) is 14.4 Å². The summed E-state index contributed by atoms with van der Waals surface area (Å²) in [6.45, 7) is 8.17. The molecule has 3 heterocycles. The van der Waals surface area contributed by atoms with Crippen LogP contribution >= 0.6 is 11.5 Å². The molecule has 0 spiro atoms. The fraction of sp³-hybridized carbons (Fsp3) is 0.345. The number of fused-ring (bicyclic) bond motifs is 1. The zero-order valence-electron chi connectivity index (χ0n) is 22.4. The van der Waals surface area contributed by atoms with Crippen molar-refractivity contribution in [2.45, 2.75) is 26.2 Å². The van der Waals surface area contributed by atoms with Gasteiger partial charge in [-0.05, 0) is 55.2 Å². The number of aromatic nitrogens is 1. The Morgan fingerprint density at radius 3 is 2.65 bits per heavy atom. The Morgan fingerprint density at radius 2 is 1.98 bits per heavy atom. The van der Waals surface area contributed by atoms with E-state index < -0.39 is 16.8 Å². The van der Waals surface area contributed by atoms with E-state index in [1.807, 2.05) is 37.3 Å². The largest absolute Gasteiger partial charge is 0.463 e. The summed E-state index contributed by atoms with van der Waals surface area (Å²) in [7, 11) is 0. The molecule has 2 aliphatic rings. The smallest absolute Gasteiger partial charge is 0.336 e. The van der Waals surface area contributed by atoms with Crippen molar-refractivity contribution in [3.63, 3.8) is 0 Å². The number of nitrogens with one attached hydrogen (secondary N) is 1. The van der Waals surface area contributed by atoms with Gasteiger partial charge in [-0.2, -0.15) is 9.64 Å². The Morgan fingerprint density at radius 1 is 1.23 bits per heavy atom. The van der Waals surface area contributed by atoms with Crippen LogP contribution in [0.25, 0.3) is 0 Å². The first-order valence-electron chi connectivity index (χ1n) is 13.2. The molecule has 2 aromatic carbocycles. The molecule has 0 amide bonds. The van der Waals surface area contributed by atoms with Gasteiger partial charge in [-0.1, -0.05) is 12.1 Å². The van der Waals surface area contributed by atoms with Crippen LogP contribution < -0.4 is 10.2 Å². The molecule has 1 atom stereocenters. The highest BCUT2D eigenvalue weighted by molar-refractivity contribution is 7.10. The zero-order valence-corrected chi connectivity index (χ0v) is 23.2. The molecule has 0 bridgehead atoms. The van der Waals surface area contributed by atoms with Gasteiger partial charge in [0, 0.05) is 74.1 Å². The molecule has 206 valence electrons. The Kier molecular flexibility index (Phi) is 8.09. The molecule has 1 fully saturated rings. The average Bonchev–Trinajstić information content (AvgIpc) is 3.38. The predicted octanol–water partition coefficient (Wildman–Crippen LogP) is 4.68. The van der Waals surface area contributed by atoms with Gasteiger partial charge in [-0.15, -0.1) is 0 Å². The van der Waals surface area contributed by atoms with Crippen LogP contribution in [0.4, 0.5) is 16.4 Å². The van der Waals surface area contributed by atoms with E-state index in [0.29, 0.717) is 28.8 Å². The number of carbonyl (C=O) groups is 1. The zero-order chi connectivity index (χ0) is 28.2. The second kappa shape index (κ2) is 11.9. The molecule has 0 aliphatic carbocycles. The van der Waals surface area contributed by atoms with Crippen LogP contribution in [0, 0.1) is 21.4 Å². The Labute approximate surface area is 236 Å². The fourth-order valence-corrected chi connectivity index (χ4v) is 6.29. The monoisotopic (exact) mass is 558 g/mol. The number of nitrogens with zero attached hydrogens (tertiary/aromatic N) is 5. The first-order chi connectivity index (χ1) is 19.4. The van der Waals surface area contributed by atoms with E-state index in [1.165, 1.54) is 23.7 Å². The lowest BCUT2D eigenvalue weighted by Crippen LogP contribution is -2.47. The molecule has 0 radical (unpaired) electrons. The SMILES string of the molecule is CCOC(=O)C1=C(C)Nc2snc(CCN3CCN(c4ccc(C#N)cc4)CC3)c2C1c1cccc([N+](=O)[O-])c1. The van der Waals surface area contributed by atoms with Gasteiger partial charge in [0.05, 0.1) is 34.4 Å². The summed E-state index contributed by atoms with van der Waals surface area (Å²) in [5, 5.41) is 24.8. The number of ether oxygens (including phenoxy) is 1. The molecule has 2 aliphatic heterocycles. The fourth-order valence-electron chi connectivity index (χ4n) is 5.37. The van der Waals surface area contributed by atoms with Crippen molar-refractivity contribution < 1.29 is 14.5 Å². The Balaban J connectivity index is 1.36. The van der Waals surface area contributed by atoms with Gasteiger partial charge in [-0.25, -0.2) is 4.79 Å². The van der Waals surface area contributed by atoms with Crippen LogP contribution in [0.2, 0.25) is 0 Å². The Hall–Kier alpha value is -4.27. The number of nitro groups is 1. The van der Waals surface area contributed by atoms with Crippen molar-refractivity contribution in [1.82, 2.24) is 9.27 Å². The number of hydrogen-bond acceptors (Lipinski definition) is 10. The van der Waals surface area contributed by atoms with Crippen molar-refractivity contribution >= 4 is 33.9 Å². The molecular formula is C29H30N6O4S. The van der Waals surface area contributed by atoms with Gasteiger partial charge in [0.25, 0.3) is 5.69 Å². The van der Waals surface area contributed by atoms with Gasteiger partial charge in [0.2, 0.25) is 0 Å². The van der Waals surface area contributed by atoms with Crippen molar-refractivity contribution in [2.75, 3.05) is 49.5 Å². The number of carbonyl (C=O) groups excluding carboxylic acids is 1. The van der Waals surface area contributed by atoms with Gasteiger partial charge in [-0.3, -0.25) is 15.0 Å². The molecule has 1 unspecified atom stereocenters. The first-order valence-corrected chi connectivity index (χ1v) is 14.0. The number of hydrogen-bond donors (Lipinski definition) is 1. The van der Waals surface area contributed by atoms with E-state index in [2.05, 4.69) is 21.2 Å². The summed E-state index contributed by atoms with van der Waals surface area (Å²) in [4.78, 5) is 29.0. The molecule has 1 N–H and O–H groups in total. The first kappa shape index (κ1) is 27.3. The van der Waals surface area contributed by atoms with Crippen molar-refractivity contribution in [3.8, 4) is 6.07 Å². The van der Waals surface area contributed by atoms with Crippen LogP contribution in [-0.4, -0.2) is 59.5 Å². The number of non-ortho nitro benzene ring substituents is 1. The number of rotatable bonds is 8. The quantitative estimate of drug-likeness (QED) is 0.238. The number of nitro benzene ring substituents is 1. The third-order valence-corrected chi connectivity index (χ3v) is 8.21. The predicted molar refractivity (Wildman–Crippen MR) is 154 cm³/mol. The van der Waals surface area contributed by atoms with Crippen LogP contribution in [-0.2, 0) is 16.0 Å². The highest BCUT2D eigenvalue weighted by Gasteiger charge is 2.37. The molecular weight excluding hydrogens is 528 g/mol. The number of benzene rings is 2. The summed E-state index contributed by atoms with van der Waals surface area (Å²) in [6, 6.07) is 16.3. The summed E-state index contributed by atoms with van der Waals surface area (Å²) >= 11 is 1.35. The van der Waals surface area contributed by atoms with E-state index in [0.717, 1.165) is 54.7 Å². The third-order valence-electron chi connectivity index (χ3n) is 7.39. The summed E-state index contributed by atoms with van der Waals surface area (Å²) in [5.41, 5.74) is 5.29. The molecule has 5 rings (SSSR count). The van der Waals surface area contributed by atoms with Crippen LogP contribution in [0.1, 0.15) is 42.1 Å².